The van der Waals surface area contributed by atoms with Crippen molar-refractivity contribution in [2.45, 2.75) is 0 Å². The highest BCUT2D eigenvalue weighted by Gasteiger charge is 2.10. The number of halogens is 1. The Balaban J connectivity index is 1.88. The van der Waals surface area contributed by atoms with Crippen molar-refractivity contribution < 1.29 is 4.92 Å². The fourth-order valence-electron chi connectivity index (χ4n) is 1.95. The van der Waals surface area contributed by atoms with E-state index in [0.717, 1.165) is 5.56 Å². The minimum Gasteiger partial charge on any atom is -0.267 e. The molecule has 0 fully saturated rings. The lowest BCUT2D eigenvalue weighted by Crippen LogP contribution is -2.07. The Morgan fingerprint density at radius 2 is 2.08 bits per heavy atom. The Hall–Kier alpha value is -2.84. The summed E-state index contributed by atoms with van der Waals surface area (Å²) in [6.45, 7) is 0. The summed E-state index contributed by atoms with van der Waals surface area (Å²) in [6.07, 6.45) is 1.52. The third kappa shape index (κ3) is 3.39. The standard InChI is InChI=1S/C15H9ClN4O3S/c16-12-4-2-1-3-9(12)8-17-19-15-18-14(21)11-7-10(20(22)23)5-6-13(11)24-15/h1-8H,(H,18,19,21)/b17-8-. The lowest BCUT2D eigenvalue weighted by molar-refractivity contribution is -0.384. The molecule has 1 heterocycles. The van der Waals surface area contributed by atoms with Gasteiger partial charge in [0, 0.05) is 27.4 Å². The maximum Gasteiger partial charge on any atom is 0.281 e. The van der Waals surface area contributed by atoms with Crippen LogP contribution in [0.4, 0.5) is 10.8 Å². The summed E-state index contributed by atoms with van der Waals surface area (Å²) in [7, 11) is 0. The molecule has 1 N–H and O–H groups in total. The third-order valence-corrected chi connectivity index (χ3v) is 4.38. The van der Waals surface area contributed by atoms with Gasteiger partial charge in [0.25, 0.3) is 11.2 Å². The minimum atomic E-state index is -0.553. The Morgan fingerprint density at radius 1 is 1.29 bits per heavy atom. The van der Waals surface area contributed by atoms with Gasteiger partial charge in [-0.2, -0.15) is 10.1 Å². The van der Waals surface area contributed by atoms with Crippen LogP contribution in [0.2, 0.25) is 5.02 Å². The molecule has 24 heavy (non-hydrogen) atoms. The van der Waals surface area contributed by atoms with E-state index in [4.69, 9.17) is 11.6 Å². The molecule has 7 nitrogen and oxygen atoms in total. The third-order valence-electron chi connectivity index (χ3n) is 3.08. The molecule has 3 rings (SSSR count). The molecule has 2 aromatic carbocycles. The van der Waals surface area contributed by atoms with Crippen molar-refractivity contribution in [3.63, 3.8) is 0 Å². The first kappa shape index (κ1) is 16.0. The normalized spacial score (nSPS) is 11.0. The van der Waals surface area contributed by atoms with Gasteiger partial charge in [0.05, 0.1) is 16.5 Å². The van der Waals surface area contributed by atoms with E-state index in [1.54, 1.807) is 12.1 Å². The van der Waals surface area contributed by atoms with Crippen LogP contribution in [0.1, 0.15) is 5.56 Å². The van der Waals surface area contributed by atoms with E-state index >= 15 is 0 Å². The largest absolute Gasteiger partial charge is 0.281 e. The number of aromatic nitrogens is 1. The maximum atomic E-state index is 12.0. The number of hydrogen-bond acceptors (Lipinski definition) is 7. The summed E-state index contributed by atoms with van der Waals surface area (Å²) >= 11 is 7.18. The summed E-state index contributed by atoms with van der Waals surface area (Å²) < 4.78 is 0.580. The fourth-order valence-corrected chi connectivity index (χ4v) is 2.96. The van der Waals surface area contributed by atoms with Gasteiger partial charge in [0.1, 0.15) is 0 Å². The lowest BCUT2D eigenvalue weighted by Gasteiger charge is -2.01. The highest BCUT2D eigenvalue weighted by molar-refractivity contribution is 7.21. The molecule has 0 saturated carbocycles. The van der Waals surface area contributed by atoms with Crippen molar-refractivity contribution in [2.24, 2.45) is 5.10 Å². The fraction of sp³-hybridized carbons (Fsp3) is 0. The molecular weight excluding hydrogens is 352 g/mol. The molecule has 0 radical (unpaired) electrons. The zero-order chi connectivity index (χ0) is 17.1. The second-order valence-electron chi connectivity index (χ2n) is 4.65. The van der Waals surface area contributed by atoms with E-state index < -0.39 is 10.5 Å². The second-order valence-corrected chi connectivity index (χ2v) is 6.09. The van der Waals surface area contributed by atoms with Gasteiger partial charge in [-0.05, 0) is 12.1 Å². The van der Waals surface area contributed by atoms with Crippen molar-refractivity contribution in [1.29, 1.82) is 0 Å². The lowest BCUT2D eigenvalue weighted by atomic mass is 10.2. The number of non-ortho nitro benzene ring substituents is 1. The second kappa shape index (κ2) is 6.73. The van der Waals surface area contributed by atoms with E-state index in [1.807, 2.05) is 12.1 Å². The highest BCUT2D eigenvalue weighted by Crippen LogP contribution is 2.24. The van der Waals surface area contributed by atoms with Gasteiger partial charge in [0.2, 0.25) is 5.13 Å². The van der Waals surface area contributed by atoms with Crippen LogP contribution in [-0.4, -0.2) is 16.1 Å². The summed E-state index contributed by atoms with van der Waals surface area (Å²) in [5.41, 5.74) is 2.69. The monoisotopic (exact) mass is 360 g/mol. The minimum absolute atomic E-state index is 0.147. The van der Waals surface area contributed by atoms with Gasteiger partial charge < -0.3 is 0 Å². The number of fused-ring (bicyclic) bond motifs is 1. The van der Waals surface area contributed by atoms with Crippen LogP contribution >= 0.6 is 22.9 Å². The van der Waals surface area contributed by atoms with Crippen LogP contribution in [-0.2, 0) is 0 Å². The number of nitrogens with one attached hydrogen (secondary N) is 1. The number of nitro groups is 1. The van der Waals surface area contributed by atoms with Gasteiger partial charge in [-0.3, -0.25) is 20.3 Å². The first-order chi connectivity index (χ1) is 11.5. The molecule has 0 aliphatic carbocycles. The number of nitro benzene ring substituents is 1. The van der Waals surface area contributed by atoms with Crippen molar-refractivity contribution in [3.05, 3.63) is 73.5 Å². The summed E-state index contributed by atoms with van der Waals surface area (Å²) in [5.74, 6) is 0. The molecule has 120 valence electrons. The molecule has 3 aromatic rings. The van der Waals surface area contributed by atoms with Gasteiger partial charge in [0.15, 0.2) is 0 Å². The van der Waals surface area contributed by atoms with Crippen LogP contribution in [0.3, 0.4) is 0 Å². The molecule has 9 heteroatoms. The van der Waals surface area contributed by atoms with E-state index in [9.17, 15) is 14.9 Å². The van der Waals surface area contributed by atoms with Crippen molar-refractivity contribution in [1.82, 2.24) is 4.98 Å². The number of benzene rings is 2. The first-order valence-corrected chi connectivity index (χ1v) is 7.87. The van der Waals surface area contributed by atoms with E-state index in [-0.39, 0.29) is 16.2 Å². The zero-order valence-electron chi connectivity index (χ0n) is 12.0. The SMILES string of the molecule is O=c1nc(N/N=C\c2ccccc2Cl)sc2ccc([N+](=O)[O-])cc12. The molecule has 0 atom stereocenters. The Labute approximate surface area is 144 Å². The number of hydrazone groups is 1. The summed E-state index contributed by atoms with van der Waals surface area (Å²) in [4.78, 5) is 26.1. The van der Waals surface area contributed by atoms with E-state index in [1.165, 1.54) is 35.8 Å². The van der Waals surface area contributed by atoms with Gasteiger partial charge in [-0.1, -0.05) is 41.1 Å². The van der Waals surface area contributed by atoms with Gasteiger partial charge in [-0.15, -0.1) is 0 Å². The van der Waals surface area contributed by atoms with Gasteiger partial charge in [-0.25, -0.2) is 0 Å². The van der Waals surface area contributed by atoms with Gasteiger partial charge >= 0.3 is 0 Å². The van der Waals surface area contributed by atoms with E-state index in [0.29, 0.717) is 9.72 Å². The number of anilines is 1. The van der Waals surface area contributed by atoms with Crippen molar-refractivity contribution in [3.8, 4) is 0 Å². The molecule has 0 saturated heterocycles. The molecular formula is C15H9ClN4O3S. The summed E-state index contributed by atoms with van der Waals surface area (Å²) in [5, 5.41) is 15.8. The van der Waals surface area contributed by atoms with Crippen LogP contribution in [0, 0.1) is 10.1 Å². The van der Waals surface area contributed by atoms with Crippen LogP contribution in [0.5, 0.6) is 0 Å². The molecule has 0 bridgehead atoms. The average Bonchev–Trinajstić information content (AvgIpc) is 2.56. The van der Waals surface area contributed by atoms with E-state index in [2.05, 4.69) is 15.5 Å². The van der Waals surface area contributed by atoms with Crippen molar-refractivity contribution in [2.75, 3.05) is 5.43 Å². The van der Waals surface area contributed by atoms with Crippen LogP contribution in [0.15, 0.2) is 52.4 Å². The Bertz CT molecular complexity index is 1020. The number of hydrogen-bond donors (Lipinski definition) is 1. The molecule has 0 amide bonds. The number of nitrogens with zero attached hydrogens (tertiary/aromatic N) is 3. The molecule has 0 spiro atoms. The first-order valence-electron chi connectivity index (χ1n) is 6.67. The van der Waals surface area contributed by atoms with Crippen molar-refractivity contribution >= 4 is 50.1 Å². The average molecular weight is 361 g/mol. The summed E-state index contributed by atoms with van der Waals surface area (Å²) in [6, 6.07) is 11.2. The Morgan fingerprint density at radius 3 is 2.83 bits per heavy atom. The number of rotatable bonds is 4. The molecule has 0 aliphatic heterocycles. The predicted octanol–water partition coefficient (Wildman–Crippen LogP) is 3.66. The molecule has 0 aliphatic rings. The molecule has 1 aromatic heterocycles. The molecule has 0 unspecified atom stereocenters. The quantitative estimate of drug-likeness (QED) is 0.435. The Kier molecular flexibility index (Phi) is 4.50. The zero-order valence-corrected chi connectivity index (χ0v) is 13.5. The van der Waals surface area contributed by atoms with Crippen LogP contribution in [0.25, 0.3) is 10.1 Å². The topological polar surface area (TPSA) is 97.5 Å². The maximum absolute atomic E-state index is 12.0. The predicted molar refractivity (Wildman–Crippen MR) is 95.2 cm³/mol. The highest BCUT2D eigenvalue weighted by atomic mass is 35.5. The van der Waals surface area contributed by atoms with Crippen LogP contribution < -0.4 is 11.0 Å². The smallest absolute Gasteiger partial charge is 0.267 e.